The fraction of sp³-hybridized carbons (Fsp3) is 0.833. The van der Waals surface area contributed by atoms with E-state index in [1.54, 1.807) is 0 Å². The number of hydrogen-bond donors (Lipinski definition) is 0. The van der Waals surface area contributed by atoms with Crippen LogP contribution in [0.5, 0.6) is 0 Å². The molecule has 0 amide bonds. The third-order valence-electron chi connectivity index (χ3n) is 1.45. The first-order valence-electron chi connectivity index (χ1n) is 3.09. The third kappa shape index (κ3) is 1.73. The Kier molecular flexibility index (Phi) is 1.99. The molecule has 10 heavy (non-hydrogen) atoms. The van der Waals surface area contributed by atoms with Crippen LogP contribution in [-0.4, -0.2) is 24.9 Å². The average Bonchev–Trinajstić information content (AvgIpc) is 1.88. The van der Waals surface area contributed by atoms with Crippen molar-refractivity contribution in [2.75, 3.05) is 6.61 Å². The minimum absolute atomic E-state index is 0.135. The normalized spacial score (nSPS) is 31.6. The number of aldehydes is 1. The first-order chi connectivity index (χ1) is 4.64. The molecular formula is C6H8F2O2. The van der Waals surface area contributed by atoms with Crippen molar-refractivity contribution in [1.82, 2.24) is 0 Å². The Morgan fingerprint density at radius 3 is 2.70 bits per heavy atom. The van der Waals surface area contributed by atoms with Crippen molar-refractivity contribution >= 4 is 6.29 Å². The molecule has 1 aliphatic rings. The molecule has 0 aromatic heterocycles. The molecule has 1 fully saturated rings. The zero-order chi connectivity index (χ0) is 7.61. The number of alkyl halides is 2. The summed E-state index contributed by atoms with van der Waals surface area (Å²) >= 11 is 0. The van der Waals surface area contributed by atoms with Crippen molar-refractivity contribution in [3.05, 3.63) is 0 Å². The summed E-state index contributed by atoms with van der Waals surface area (Å²) in [6.45, 7) is -0.615. The lowest BCUT2D eigenvalue weighted by Crippen LogP contribution is -2.35. The molecule has 1 saturated heterocycles. The van der Waals surface area contributed by atoms with Crippen LogP contribution >= 0.6 is 0 Å². The molecule has 0 bridgehead atoms. The van der Waals surface area contributed by atoms with Gasteiger partial charge in [0, 0.05) is 6.42 Å². The molecule has 1 atom stereocenters. The highest BCUT2D eigenvalue weighted by Gasteiger charge is 2.35. The first-order valence-corrected chi connectivity index (χ1v) is 3.09. The van der Waals surface area contributed by atoms with Crippen LogP contribution in [0.15, 0.2) is 0 Å². The topological polar surface area (TPSA) is 26.3 Å². The highest BCUT2D eigenvalue weighted by molar-refractivity contribution is 5.56. The Hall–Kier alpha value is -0.510. The monoisotopic (exact) mass is 150 g/mol. The minimum Gasteiger partial charge on any atom is -0.365 e. The summed E-state index contributed by atoms with van der Waals surface area (Å²) in [6.07, 6.45) is -0.151. The highest BCUT2D eigenvalue weighted by atomic mass is 19.3. The van der Waals surface area contributed by atoms with Crippen LogP contribution in [0.2, 0.25) is 0 Å². The molecule has 0 aromatic carbocycles. The molecule has 1 unspecified atom stereocenters. The zero-order valence-corrected chi connectivity index (χ0v) is 5.35. The van der Waals surface area contributed by atoms with Gasteiger partial charge in [-0.3, -0.25) is 0 Å². The van der Waals surface area contributed by atoms with Crippen molar-refractivity contribution in [1.29, 1.82) is 0 Å². The van der Waals surface area contributed by atoms with Gasteiger partial charge in [0.25, 0.3) is 5.92 Å². The van der Waals surface area contributed by atoms with Gasteiger partial charge in [-0.15, -0.1) is 0 Å². The highest BCUT2D eigenvalue weighted by Crippen LogP contribution is 2.26. The summed E-state index contributed by atoms with van der Waals surface area (Å²) in [5.74, 6) is -2.72. The maximum atomic E-state index is 12.3. The summed E-state index contributed by atoms with van der Waals surface area (Å²) in [6, 6.07) is 0. The number of rotatable bonds is 1. The lowest BCUT2D eigenvalue weighted by molar-refractivity contribution is -0.151. The molecule has 4 heteroatoms. The summed E-state index contributed by atoms with van der Waals surface area (Å²) in [7, 11) is 0. The first kappa shape index (κ1) is 7.60. The maximum Gasteiger partial charge on any atom is 0.271 e. The van der Waals surface area contributed by atoms with Crippen LogP contribution in [0.25, 0.3) is 0 Å². The van der Waals surface area contributed by atoms with Gasteiger partial charge in [-0.2, -0.15) is 0 Å². The molecule has 0 saturated carbocycles. The van der Waals surface area contributed by atoms with Crippen molar-refractivity contribution in [3.63, 3.8) is 0 Å². The molecule has 0 aromatic rings. The second-order valence-corrected chi connectivity index (χ2v) is 2.38. The number of carbonyl (C=O) groups is 1. The van der Waals surface area contributed by atoms with E-state index in [-0.39, 0.29) is 12.8 Å². The Bertz CT molecular complexity index is 126. The minimum atomic E-state index is -2.72. The smallest absolute Gasteiger partial charge is 0.271 e. The molecule has 0 N–H and O–H groups in total. The second-order valence-electron chi connectivity index (χ2n) is 2.38. The fourth-order valence-electron chi connectivity index (χ4n) is 0.845. The number of ether oxygens (including phenoxy) is 1. The lowest BCUT2D eigenvalue weighted by atomic mass is 10.1. The van der Waals surface area contributed by atoms with E-state index >= 15 is 0 Å². The predicted molar refractivity (Wildman–Crippen MR) is 30.0 cm³/mol. The van der Waals surface area contributed by atoms with E-state index in [0.717, 1.165) is 0 Å². The van der Waals surface area contributed by atoms with E-state index in [9.17, 15) is 13.6 Å². The van der Waals surface area contributed by atoms with Crippen molar-refractivity contribution in [2.45, 2.75) is 24.9 Å². The van der Waals surface area contributed by atoms with Crippen LogP contribution in [0, 0.1) is 0 Å². The van der Waals surface area contributed by atoms with Gasteiger partial charge < -0.3 is 9.53 Å². The molecular weight excluding hydrogens is 142 g/mol. The third-order valence-corrected chi connectivity index (χ3v) is 1.45. The van der Waals surface area contributed by atoms with Crippen LogP contribution in [-0.2, 0) is 9.53 Å². The number of halogens is 2. The van der Waals surface area contributed by atoms with E-state index in [1.807, 2.05) is 0 Å². The van der Waals surface area contributed by atoms with Crippen LogP contribution in [0.3, 0.4) is 0 Å². The SMILES string of the molecule is O=CC1CCC(F)(F)CO1. The number of hydrogen-bond acceptors (Lipinski definition) is 2. The van der Waals surface area contributed by atoms with Gasteiger partial charge in [0.15, 0.2) is 0 Å². The van der Waals surface area contributed by atoms with Gasteiger partial charge in [-0.05, 0) is 6.42 Å². The molecule has 0 aliphatic carbocycles. The summed E-state index contributed by atoms with van der Waals surface area (Å²) in [5, 5.41) is 0. The van der Waals surface area contributed by atoms with Gasteiger partial charge in [0.2, 0.25) is 0 Å². The quantitative estimate of drug-likeness (QED) is 0.521. The Balaban J connectivity index is 2.38. The van der Waals surface area contributed by atoms with E-state index in [0.29, 0.717) is 6.29 Å². The van der Waals surface area contributed by atoms with Crippen molar-refractivity contribution in [2.24, 2.45) is 0 Å². The summed E-state index contributed by atoms with van der Waals surface area (Å²) in [5.41, 5.74) is 0. The van der Waals surface area contributed by atoms with Gasteiger partial charge in [0.1, 0.15) is 19.0 Å². The van der Waals surface area contributed by atoms with Crippen molar-refractivity contribution in [3.8, 4) is 0 Å². The fourth-order valence-corrected chi connectivity index (χ4v) is 0.845. The molecule has 2 nitrogen and oxygen atoms in total. The Labute approximate surface area is 57.2 Å². The Morgan fingerprint density at radius 2 is 2.30 bits per heavy atom. The number of carbonyl (C=O) groups excluding carboxylic acids is 1. The lowest BCUT2D eigenvalue weighted by Gasteiger charge is -2.25. The maximum absolute atomic E-state index is 12.3. The van der Waals surface area contributed by atoms with Crippen LogP contribution in [0.4, 0.5) is 8.78 Å². The van der Waals surface area contributed by atoms with Gasteiger partial charge in [-0.25, -0.2) is 8.78 Å². The van der Waals surface area contributed by atoms with Gasteiger partial charge in [-0.1, -0.05) is 0 Å². The summed E-state index contributed by atoms with van der Waals surface area (Å²) < 4.78 is 29.1. The second kappa shape index (κ2) is 2.62. The predicted octanol–water partition coefficient (Wildman–Crippen LogP) is 1.000. The largest absolute Gasteiger partial charge is 0.365 e. The zero-order valence-electron chi connectivity index (χ0n) is 5.35. The molecule has 1 rings (SSSR count). The summed E-state index contributed by atoms with van der Waals surface area (Å²) in [4.78, 5) is 10.0. The van der Waals surface area contributed by atoms with E-state index in [2.05, 4.69) is 4.74 Å². The van der Waals surface area contributed by atoms with E-state index in [4.69, 9.17) is 0 Å². The molecule has 0 spiro atoms. The molecule has 58 valence electrons. The van der Waals surface area contributed by atoms with Crippen LogP contribution in [0.1, 0.15) is 12.8 Å². The van der Waals surface area contributed by atoms with Crippen molar-refractivity contribution < 1.29 is 18.3 Å². The van der Waals surface area contributed by atoms with Gasteiger partial charge >= 0.3 is 0 Å². The van der Waals surface area contributed by atoms with Crippen LogP contribution < -0.4 is 0 Å². The molecule has 1 heterocycles. The van der Waals surface area contributed by atoms with E-state index in [1.165, 1.54) is 0 Å². The Morgan fingerprint density at radius 1 is 1.60 bits per heavy atom. The standard InChI is InChI=1S/C6H8F2O2/c7-6(8)2-1-5(3-9)10-4-6/h3,5H,1-2,4H2. The average molecular weight is 150 g/mol. The van der Waals surface area contributed by atoms with Gasteiger partial charge in [0.05, 0.1) is 0 Å². The van der Waals surface area contributed by atoms with E-state index < -0.39 is 18.6 Å². The molecule has 1 aliphatic heterocycles. The molecule has 0 radical (unpaired) electrons.